The van der Waals surface area contributed by atoms with Crippen LogP contribution >= 0.6 is 0 Å². The van der Waals surface area contributed by atoms with E-state index in [4.69, 9.17) is 0 Å². The number of nitro groups is 1. The third-order valence-corrected chi connectivity index (χ3v) is 2.01. The smallest absolute Gasteiger partial charge is 0.295 e. The summed E-state index contributed by atoms with van der Waals surface area (Å²) in [5, 5.41) is 32.5. The largest absolute Gasteiger partial charge is 0.508 e. The van der Waals surface area contributed by atoms with Gasteiger partial charge in [0.15, 0.2) is 0 Å². The van der Waals surface area contributed by atoms with Gasteiger partial charge in [-0.2, -0.15) is 0 Å². The Labute approximate surface area is 98.4 Å². The molecule has 0 fully saturated rings. The normalized spacial score (nSPS) is 11.6. The highest BCUT2D eigenvalue weighted by molar-refractivity contribution is 5.65. The zero-order chi connectivity index (χ0) is 13.0. The van der Waals surface area contributed by atoms with Crippen LogP contribution in [0, 0.1) is 10.1 Å². The highest BCUT2D eigenvalue weighted by atomic mass is 16.6. The molecule has 1 rings (SSSR count). The lowest BCUT2D eigenvalue weighted by Gasteiger charge is -2.06. The second-order valence-electron chi connectivity index (χ2n) is 3.81. The molecule has 0 aromatic heterocycles. The van der Waals surface area contributed by atoms with Gasteiger partial charge in [0.1, 0.15) is 11.5 Å². The van der Waals surface area contributed by atoms with Crippen molar-refractivity contribution in [2.75, 3.05) is 0 Å². The van der Waals surface area contributed by atoms with Gasteiger partial charge in [-0.05, 0) is 32.0 Å². The molecule has 6 nitrogen and oxygen atoms in total. The molecule has 0 atom stereocenters. The summed E-state index contributed by atoms with van der Waals surface area (Å²) in [4.78, 5) is 10.3. The fourth-order valence-electron chi connectivity index (χ4n) is 1.20. The first-order valence-electron chi connectivity index (χ1n) is 5.04. The number of hydrogen-bond donors (Lipinski definition) is 3. The number of phenolic OH excluding ortho intramolecular Hbond substituents is 2. The Hall–Kier alpha value is -2.24. The van der Waals surface area contributed by atoms with Gasteiger partial charge in [-0.15, -0.1) is 0 Å². The van der Waals surface area contributed by atoms with Gasteiger partial charge >= 0.3 is 0 Å². The molecule has 0 heterocycles. The summed E-state index contributed by atoms with van der Waals surface area (Å²) in [5.41, 5.74) is -0.324. The average molecular weight is 238 g/mol. The molecule has 0 aliphatic rings. The molecule has 0 bridgehead atoms. The van der Waals surface area contributed by atoms with Crippen LogP contribution in [0.2, 0.25) is 0 Å². The first-order chi connectivity index (χ1) is 7.91. The number of rotatable bonds is 4. The Balaban J connectivity index is 3.18. The summed E-state index contributed by atoms with van der Waals surface area (Å²) < 4.78 is 0. The topological polar surface area (TPSA) is 95.6 Å². The monoisotopic (exact) mass is 238 g/mol. The molecule has 0 amide bonds. The SMILES string of the molecule is CC(C)NC=C(c1cc(O)ccc1O)[N+](=O)[O-]. The van der Waals surface area contributed by atoms with Crippen LogP contribution in [0.4, 0.5) is 0 Å². The van der Waals surface area contributed by atoms with E-state index < -0.39 is 4.92 Å². The summed E-state index contributed by atoms with van der Waals surface area (Å²) >= 11 is 0. The number of nitrogens with zero attached hydrogens (tertiary/aromatic N) is 1. The van der Waals surface area contributed by atoms with Gasteiger partial charge in [0, 0.05) is 6.04 Å². The maximum absolute atomic E-state index is 10.9. The predicted octanol–water partition coefficient (Wildman–Crippen LogP) is 1.67. The van der Waals surface area contributed by atoms with Crippen LogP contribution in [0.3, 0.4) is 0 Å². The van der Waals surface area contributed by atoms with Gasteiger partial charge in [0.2, 0.25) is 0 Å². The maximum atomic E-state index is 10.9. The lowest BCUT2D eigenvalue weighted by atomic mass is 10.1. The maximum Gasteiger partial charge on any atom is 0.295 e. The van der Waals surface area contributed by atoms with Gasteiger partial charge in [0.25, 0.3) is 5.70 Å². The molecule has 0 unspecified atom stereocenters. The lowest BCUT2D eigenvalue weighted by molar-refractivity contribution is -0.375. The van der Waals surface area contributed by atoms with Gasteiger partial charge in [-0.3, -0.25) is 10.1 Å². The van der Waals surface area contributed by atoms with Crippen molar-refractivity contribution in [2.45, 2.75) is 19.9 Å². The molecule has 0 aliphatic heterocycles. The molecule has 1 aromatic rings. The Kier molecular flexibility index (Phi) is 3.92. The van der Waals surface area contributed by atoms with Gasteiger partial charge in [-0.1, -0.05) is 0 Å². The van der Waals surface area contributed by atoms with Crippen molar-refractivity contribution in [3.05, 3.63) is 40.1 Å². The molecular formula is C11H14N2O4. The van der Waals surface area contributed by atoms with Crippen LogP contribution in [0.1, 0.15) is 19.4 Å². The van der Waals surface area contributed by atoms with Gasteiger partial charge < -0.3 is 15.5 Å². The molecule has 3 N–H and O–H groups in total. The summed E-state index contributed by atoms with van der Waals surface area (Å²) in [6, 6.07) is 3.64. The number of aromatic hydroxyl groups is 2. The van der Waals surface area contributed by atoms with Crippen molar-refractivity contribution in [1.82, 2.24) is 5.32 Å². The first kappa shape index (κ1) is 12.8. The Morgan fingerprint density at radius 2 is 2.12 bits per heavy atom. The molecule has 0 saturated carbocycles. The molecule has 6 heteroatoms. The summed E-state index contributed by atoms with van der Waals surface area (Å²) in [5.74, 6) is -0.397. The zero-order valence-electron chi connectivity index (χ0n) is 9.54. The zero-order valence-corrected chi connectivity index (χ0v) is 9.54. The van der Waals surface area contributed by atoms with Crippen molar-refractivity contribution in [1.29, 1.82) is 0 Å². The predicted molar refractivity (Wildman–Crippen MR) is 63.0 cm³/mol. The van der Waals surface area contributed by atoms with E-state index in [1.807, 2.05) is 13.8 Å². The first-order valence-corrected chi connectivity index (χ1v) is 5.04. The molecule has 0 radical (unpaired) electrons. The molecule has 0 spiro atoms. The van der Waals surface area contributed by atoms with Crippen molar-refractivity contribution >= 4 is 5.70 Å². The standard InChI is InChI=1S/C11H14N2O4/c1-7(2)12-6-10(13(16)17)9-5-8(14)3-4-11(9)15/h3-7,12,14-15H,1-2H3. The third kappa shape index (κ3) is 3.37. The van der Waals surface area contributed by atoms with E-state index in [9.17, 15) is 20.3 Å². The summed E-state index contributed by atoms with van der Waals surface area (Å²) in [7, 11) is 0. The minimum Gasteiger partial charge on any atom is -0.508 e. The van der Waals surface area contributed by atoms with E-state index in [1.54, 1.807) is 0 Å². The van der Waals surface area contributed by atoms with Gasteiger partial charge in [0.05, 0.1) is 16.7 Å². The van der Waals surface area contributed by atoms with Gasteiger partial charge in [-0.25, -0.2) is 0 Å². The highest BCUT2D eigenvalue weighted by Gasteiger charge is 2.19. The van der Waals surface area contributed by atoms with E-state index in [0.29, 0.717) is 0 Å². The highest BCUT2D eigenvalue weighted by Crippen LogP contribution is 2.28. The Morgan fingerprint density at radius 1 is 1.47 bits per heavy atom. The van der Waals surface area contributed by atoms with E-state index in [2.05, 4.69) is 5.32 Å². The second-order valence-corrected chi connectivity index (χ2v) is 3.81. The van der Waals surface area contributed by atoms with E-state index >= 15 is 0 Å². The van der Waals surface area contributed by atoms with E-state index in [-0.39, 0.29) is 28.8 Å². The fraction of sp³-hybridized carbons (Fsp3) is 0.273. The van der Waals surface area contributed by atoms with Crippen LogP contribution in [0.25, 0.3) is 5.70 Å². The molecule has 0 aliphatic carbocycles. The average Bonchev–Trinajstić information content (AvgIpc) is 2.22. The lowest BCUT2D eigenvalue weighted by Crippen LogP contribution is -2.17. The van der Waals surface area contributed by atoms with Crippen LogP contribution in [-0.2, 0) is 0 Å². The third-order valence-electron chi connectivity index (χ3n) is 2.01. The Morgan fingerprint density at radius 3 is 2.65 bits per heavy atom. The van der Waals surface area contributed by atoms with Crippen LogP contribution < -0.4 is 5.32 Å². The van der Waals surface area contributed by atoms with E-state index in [0.717, 1.165) is 6.07 Å². The van der Waals surface area contributed by atoms with Crippen LogP contribution in [0.5, 0.6) is 11.5 Å². The minimum absolute atomic E-state index is 0.0249. The van der Waals surface area contributed by atoms with Crippen molar-refractivity contribution in [3.63, 3.8) is 0 Å². The molecular weight excluding hydrogens is 224 g/mol. The number of phenols is 2. The van der Waals surface area contributed by atoms with Crippen LogP contribution in [0.15, 0.2) is 24.4 Å². The number of benzene rings is 1. The number of nitrogens with one attached hydrogen (secondary N) is 1. The number of hydrogen-bond acceptors (Lipinski definition) is 5. The minimum atomic E-state index is -0.621. The molecule has 17 heavy (non-hydrogen) atoms. The van der Waals surface area contributed by atoms with Crippen molar-refractivity contribution < 1.29 is 15.1 Å². The fourth-order valence-corrected chi connectivity index (χ4v) is 1.20. The van der Waals surface area contributed by atoms with Crippen molar-refractivity contribution in [3.8, 4) is 11.5 Å². The Bertz CT molecular complexity index is 455. The van der Waals surface area contributed by atoms with Crippen LogP contribution in [-0.4, -0.2) is 21.2 Å². The molecule has 92 valence electrons. The molecule has 0 saturated heterocycles. The van der Waals surface area contributed by atoms with E-state index in [1.165, 1.54) is 18.3 Å². The second kappa shape index (κ2) is 5.20. The quantitative estimate of drug-likeness (QED) is 0.421. The summed E-state index contributed by atoms with van der Waals surface area (Å²) in [6.45, 7) is 3.66. The molecule has 1 aromatic carbocycles. The van der Waals surface area contributed by atoms with Crippen molar-refractivity contribution in [2.24, 2.45) is 0 Å². The summed E-state index contributed by atoms with van der Waals surface area (Å²) in [6.07, 6.45) is 1.21.